The summed E-state index contributed by atoms with van der Waals surface area (Å²) in [7, 11) is 0. The van der Waals surface area contributed by atoms with Crippen molar-refractivity contribution in [2.45, 2.75) is 71.4 Å². The summed E-state index contributed by atoms with van der Waals surface area (Å²) in [6.45, 7) is 0. The second kappa shape index (κ2) is 8.42. The van der Waals surface area contributed by atoms with Crippen molar-refractivity contribution >= 4 is 12.6 Å². The van der Waals surface area contributed by atoms with Crippen LogP contribution >= 0.6 is 12.6 Å². The summed E-state index contributed by atoms with van der Waals surface area (Å²) in [4.78, 5) is 0. The quantitative estimate of drug-likeness (QED) is 0.192. The van der Waals surface area contributed by atoms with Gasteiger partial charge < -0.3 is 0 Å². The molecule has 1 unspecified atom stereocenters. The molecule has 0 saturated carbocycles. The highest BCUT2D eigenvalue weighted by molar-refractivity contribution is 7.80. The molecular weight excluding hydrogens is 594 g/mol. The molecule has 0 amide bonds. The van der Waals surface area contributed by atoms with Gasteiger partial charge in [-0.3, -0.25) is 0 Å². The molecule has 0 heterocycles. The Kier molecular flexibility index (Phi) is 8.13. The third kappa shape index (κ3) is 4.33. The van der Waals surface area contributed by atoms with Gasteiger partial charge in [-0.1, -0.05) is 0 Å². The monoisotopic (exact) mass is 598 g/mol. The molecule has 0 N–H and O–H groups in total. The summed E-state index contributed by atoms with van der Waals surface area (Å²) in [6.07, 6.45) is -11.4. The lowest BCUT2D eigenvalue weighted by atomic mass is 9.86. The van der Waals surface area contributed by atoms with Crippen LogP contribution < -0.4 is 0 Å². The normalized spacial score (nSPS) is 17.6. The lowest BCUT2D eigenvalue weighted by Crippen LogP contribution is -2.76. The summed E-state index contributed by atoms with van der Waals surface area (Å²) in [5, 5.41) is 0. The number of alkyl halides is 22. The van der Waals surface area contributed by atoms with E-state index in [1.807, 2.05) is 0 Å². The maximum Gasteiger partial charge on any atom is 0.460 e. The molecule has 0 aromatic heterocycles. The van der Waals surface area contributed by atoms with Gasteiger partial charge in [-0.05, 0) is 0 Å². The number of rotatable bonds is 10. The Morgan fingerprint density at radius 2 is 0.571 bits per heavy atom. The molecule has 0 aliphatic carbocycles. The van der Waals surface area contributed by atoms with Crippen molar-refractivity contribution < 1.29 is 96.6 Å². The van der Waals surface area contributed by atoms with Gasteiger partial charge in [-0.2, -0.15) is 92.2 Å². The summed E-state index contributed by atoms with van der Waals surface area (Å²) in [5.41, 5.74) is -3.66. The van der Waals surface area contributed by atoms with Crippen LogP contribution in [0.2, 0.25) is 0 Å². The zero-order valence-corrected chi connectivity index (χ0v) is 15.9. The van der Waals surface area contributed by atoms with Gasteiger partial charge in [0.25, 0.3) is 0 Å². The highest BCUT2D eigenvalue weighted by Gasteiger charge is 2.97. The maximum atomic E-state index is 13.4. The van der Waals surface area contributed by atoms with E-state index in [1.54, 1.807) is 0 Å². The van der Waals surface area contributed by atoms with E-state index in [4.69, 9.17) is 0 Å². The van der Waals surface area contributed by atoms with Crippen molar-refractivity contribution in [1.82, 2.24) is 0 Å². The zero-order valence-electron chi connectivity index (χ0n) is 15.0. The maximum absolute atomic E-state index is 13.4. The van der Waals surface area contributed by atoms with Gasteiger partial charge in [0.1, 0.15) is 5.50 Å². The fraction of sp³-hybridized carbons (Fsp3) is 1.00. The fourth-order valence-electron chi connectivity index (χ4n) is 1.93. The first kappa shape index (κ1) is 33.8. The molecule has 0 radical (unpaired) electrons. The standard InChI is InChI=1S/C12H4F22S/c13-2(35)1-3(14,15)4(16,17)5(18,19)6(20,21)7(22,23)8(24,25)9(26,27)10(28,29)11(30,31)12(32,33)34/h2,35H,1H2. The van der Waals surface area contributed by atoms with E-state index in [0.717, 1.165) is 0 Å². The molecule has 0 rings (SSSR count). The van der Waals surface area contributed by atoms with E-state index in [9.17, 15) is 96.6 Å². The molecule has 212 valence electrons. The highest BCUT2D eigenvalue weighted by Crippen LogP contribution is 2.66. The predicted octanol–water partition coefficient (Wildman–Crippen LogP) is 7.88. The fourth-order valence-corrected chi connectivity index (χ4v) is 2.16. The van der Waals surface area contributed by atoms with Gasteiger partial charge in [0, 0.05) is 0 Å². The average Bonchev–Trinajstić information content (AvgIpc) is 2.58. The molecule has 0 spiro atoms. The highest BCUT2D eigenvalue weighted by atomic mass is 32.1. The van der Waals surface area contributed by atoms with E-state index in [1.165, 1.54) is 0 Å². The molecule has 0 aromatic rings. The Labute approximate surface area is 182 Å². The van der Waals surface area contributed by atoms with Crippen LogP contribution in [0.15, 0.2) is 0 Å². The van der Waals surface area contributed by atoms with Gasteiger partial charge in [-0.15, -0.1) is 12.6 Å². The molecule has 0 aliphatic heterocycles. The van der Waals surface area contributed by atoms with E-state index >= 15 is 0 Å². The molecule has 35 heavy (non-hydrogen) atoms. The molecule has 0 saturated heterocycles. The Balaban J connectivity index is 7.03. The van der Waals surface area contributed by atoms with E-state index in [2.05, 4.69) is 12.6 Å². The molecule has 0 bridgehead atoms. The van der Waals surface area contributed by atoms with Crippen molar-refractivity contribution in [3.63, 3.8) is 0 Å². The molecule has 0 aliphatic rings. The van der Waals surface area contributed by atoms with Crippen molar-refractivity contribution in [3.8, 4) is 0 Å². The van der Waals surface area contributed by atoms with Crippen LogP contribution in [0.1, 0.15) is 6.42 Å². The van der Waals surface area contributed by atoms with E-state index in [0.29, 0.717) is 0 Å². The van der Waals surface area contributed by atoms with Crippen LogP contribution in [-0.2, 0) is 0 Å². The first-order valence-corrected chi connectivity index (χ1v) is 7.97. The molecule has 1 atom stereocenters. The molecular formula is C12H4F22S. The van der Waals surface area contributed by atoms with Crippen LogP contribution in [0.3, 0.4) is 0 Å². The SMILES string of the molecule is FC(S)CC(F)(F)C(F)(F)C(F)(F)C(F)(F)C(F)(F)C(F)(F)C(F)(F)C(F)(F)C(F)(F)C(F)(F)F. The first-order chi connectivity index (χ1) is 14.7. The number of hydrogen-bond donors (Lipinski definition) is 1. The number of hydrogen-bond acceptors (Lipinski definition) is 1. The van der Waals surface area contributed by atoms with Crippen LogP contribution in [0, 0.1) is 0 Å². The van der Waals surface area contributed by atoms with Crippen LogP contribution in [0.4, 0.5) is 96.6 Å². The Morgan fingerprint density at radius 1 is 0.371 bits per heavy atom. The van der Waals surface area contributed by atoms with Gasteiger partial charge in [-0.25, -0.2) is 4.39 Å². The summed E-state index contributed by atoms with van der Waals surface area (Å²) >= 11 is 2.29. The van der Waals surface area contributed by atoms with Crippen molar-refractivity contribution in [2.24, 2.45) is 0 Å². The van der Waals surface area contributed by atoms with Crippen molar-refractivity contribution in [3.05, 3.63) is 0 Å². The third-order valence-electron chi connectivity index (χ3n) is 4.00. The lowest BCUT2D eigenvalue weighted by molar-refractivity contribution is -0.474. The largest absolute Gasteiger partial charge is 0.460 e. The van der Waals surface area contributed by atoms with Gasteiger partial charge in [0.2, 0.25) is 0 Å². The Hall–Kier alpha value is -1.19. The van der Waals surface area contributed by atoms with E-state index < -0.39 is 71.4 Å². The molecule has 0 fully saturated rings. The zero-order chi connectivity index (χ0) is 29.3. The minimum absolute atomic E-state index is 2.29. The molecule has 23 heteroatoms. The summed E-state index contributed by atoms with van der Waals surface area (Å²) in [6, 6.07) is 0. The number of thiol groups is 1. The van der Waals surface area contributed by atoms with Crippen LogP contribution in [0.25, 0.3) is 0 Å². The summed E-state index contributed by atoms with van der Waals surface area (Å²) < 4.78 is 285. The average molecular weight is 598 g/mol. The Morgan fingerprint density at radius 3 is 0.771 bits per heavy atom. The smallest absolute Gasteiger partial charge is 0.236 e. The minimum atomic E-state index is -9.22. The molecule has 0 nitrogen and oxygen atoms in total. The van der Waals surface area contributed by atoms with Gasteiger partial charge in [0.15, 0.2) is 0 Å². The van der Waals surface area contributed by atoms with Crippen molar-refractivity contribution in [2.75, 3.05) is 0 Å². The topological polar surface area (TPSA) is 0 Å². The predicted molar refractivity (Wildman–Crippen MR) is 69.1 cm³/mol. The minimum Gasteiger partial charge on any atom is -0.236 e. The van der Waals surface area contributed by atoms with Crippen molar-refractivity contribution in [1.29, 1.82) is 0 Å². The van der Waals surface area contributed by atoms with Crippen LogP contribution in [0.5, 0.6) is 0 Å². The van der Waals surface area contributed by atoms with E-state index in [-0.39, 0.29) is 0 Å². The summed E-state index contributed by atoms with van der Waals surface area (Å²) in [5.74, 6) is -77.8. The molecule has 0 aromatic carbocycles. The Bertz CT molecular complexity index is 759. The van der Waals surface area contributed by atoms with Gasteiger partial charge >= 0.3 is 59.5 Å². The lowest BCUT2D eigenvalue weighted by Gasteiger charge is -2.44. The third-order valence-corrected chi connectivity index (χ3v) is 4.18. The second-order valence-electron chi connectivity index (χ2n) is 6.44. The number of halogens is 22. The first-order valence-electron chi connectivity index (χ1n) is 7.46. The second-order valence-corrected chi connectivity index (χ2v) is 7.00. The van der Waals surface area contributed by atoms with Gasteiger partial charge in [0.05, 0.1) is 6.42 Å². The van der Waals surface area contributed by atoms with Crippen LogP contribution in [-0.4, -0.2) is 65.0 Å².